The van der Waals surface area contributed by atoms with Gasteiger partial charge in [-0.15, -0.1) is 0 Å². The van der Waals surface area contributed by atoms with Gasteiger partial charge >= 0.3 is 0 Å². The van der Waals surface area contributed by atoms with E-state index in [1.54, 1.807) is 0 Å². The quantitative estimate of drug-likeness (QED) is 0.0369. The van der Waals surface area contributed by atoms with Gasteiger partial charge < -0.3 is 28.7 Å². The van der Waals surface area contributed by atoms with Crippen molar-refractivity contribution in [3.63, 3.8) is 0 Å². The third-order valence-corrected chi connectivity index (χ3v) is 7.93. The maximum absolute atomic E-state index is 10.4. The number of nitrogens with zero attached hydrogens (tertiary/aromatic N) is 1. The molecule has 0 saturated carbocycles. The molecule has 0 aliphatic carbocycles. The molecule has 2 atom stereocenters. The Hall–Kier alpha value is -0.330. The first-order valence-corrected chi connectivity index (χ1v) is 18.7. The molecule has 43 heavy (non-hydrogen) atoms. The van der Waals surface area contributed by atoms with Crippen LogP contribution in [0.5, 0.6) is 0 Å². The molecule has 262 valence electrons. The van der Waals surface area contributed by atoms with Crippen LogP contribution < -0.4 is 0 Å². The monoisotopic (exact) mass is 641 g/mol. The molecule has 9 nitrogen and oxygen atoms in total. The van der Waals surface area contributed by atoms with E-state index in [4.69, 9.17) is 9.47 Å². The topological polar surface area (TPSA) is 125 Å². The van der Waals surface area contributed by atoms with Gasteiger partial charge in [-0.1, -0.05) is 129 Å². The van der Waals surface area contributed by atoms with Gasteiger partial charge in [0, 0.05) is 13.2 Å². The Kier molecular flexibility index (Phi) is 33.0. The van der Waals surface area contributed by atoms with E-state index in [-0.39, 0.29) is 0 Å². The van der Waals surface area contributed by atoms with Crippen LogP contribution in [0.15, 0.2) is 0 Å². The number of aliphatic hydroxyl groups excluding tert-OH is 2. The van der Waals surface area contributed by atoms with Crippen LogP contribution in [0.3, 0.4) is 0 Å². The molecule has 10 heteroatoms. The van der Waals surface area contributed by atoms with Gasteiger partial charge in [0.15, 0.2) is 0 Å². The second kappa shape index (κ2) is 31.6. The first-order chi connectivity index (χ1) is 20.5. The van der Waals surface area contributed by atoms with Crippen LogP contribution in [0.4, 0.5) is 0 Å². The number of rotatable bonds is 31. The number of hydrogen-bond donors (Lipinski definition) is 2. The number of quaternary nitrogens is 1. The average Bonchev–Trinajstić information content (AvgIpc) is 2.93. The standard InChI is InChI=1S/C32H68NO4.CH4O4S/c1-5-7-9-11-13-15-17-19-21-23-25-36-29-31(34)27-33(3,4)28-32(35)30-37-26-24-22-20-18-16-14-12-10-8-6-2;1-5-6(2,3)4/h31-32,34-35H,5-30H2,1-4H3;1H3,(H,2,3,4)/q+1;/p-1. The third-order valence-electron chi connectivity index (χ3n) is 7.52. The van der Waals surface area contributed by atoms with E-state index in [2.05, 4.69) is 32.1 Å². The fourth-order valence-corrected chi connectivity index (χ4v) is 5.14. The van der Waals surface area contributed by atoms with Crippen LogP contribution in [0.25, 0.3) is 0 Å². The van der Waals surface area contributed by atoms with Crippen molar-refractivity contribution >= 4 is 10.4 Å². The molecule has 0 aliphatic heterocycles. The van der Waals surface area contributed by atoms with Gasteiger partial charge in [-0.05, 0) is 12.8 Å². The molecule has 0 fully saturated rings. The second-order valence-electron chi connectivity index (χ2n) is 12.7. The van der Waals surface area contributed by atoms with Crippen LogP contribution in [0, 0.1) is 0 Å². The highest BCUT2D eigenvalue weighted by molar-refractivity contribution is 7.80. The summed E-state index contributed by atoms with van der Waals surface area (Å²) in [5, 5.41) is 20.8. The van der Waals surface area contributed by atoms with Crippen molar-refractivity contribution in [1.29, 1.82) is 0 Å². The summed E-state index contributed by atoms with van der Waals surface area (Å²) in [6.07, 6.45) is 25.4. The highest BCUT2D eigenvalue weighted by Gasteiger charge is 2.24. The summed E-state index contributed by atoms with van der Waals surface area (Å²) in [5.74, 6) is 0. The van der Waals surface area contributed by atoms with Crippen molar-refractivity contribution in [2.45, 2.75) is 154 Å². The molecule has 0 bridgehead atoms. The van der Waals surface area contributed by atoms with Crippen molar-refractivity contribution < 1.29 is 41.3 Å². The minimum Gasteiger partial charge on any atom is -0.726 e. The first kappa shape index (κ1) is 44.8. The maximum Gasteiger partial charge on any atom is 0.217 e. The van der Waals surface area contributed by atoms with Gasteiger partial charge in [0.1, 0.15) is 25.3 Å². The largest absolute Gasteiger partial charge is 0.726 e. The summed E-state index contributed by atoms with van der Waals surface area (Å²) in [6.45, 7) is 7.91. The molecule has 0 spiro atoms. The summed E-state index contributed by atoms with van der Waals surface area (Å²) in [6, 6.07) is 0. The van der Waals surface area contributed by atoms with Crippen LogP contribution in [-0.4, -0.2) is 101 Å². The van der Waals surface area contributed by atoms with Crippen molar-refractivity contribution in [3.8, 4) is 0 Å². The number of likely N-dealkylation sites (N-methyl/N-ethyl adjacent to an activating group) is 1. The molecule has 2 unspecified atom stereocenters. The molecule has 0 aromatic carbocycles. The van der Waals surface area contributed by atoms with Crippen molar-refractivity contribution in [3.05, 3.63) is 0 Å². The SMILES string of the molecule is CCCCCCCCCCCCOCC(O)C[N+](C)(C)CC(O)COCCCCCCCCCCCC.COS(=O)(=O)[O-]. The highest BCUT2D eigenvalue weighted by atomic mass is 32.3. The number of unbranched alkanes of at least 4 members (excludes halogenated alkanes) is 18. The molecule has 2 N–H and O–H groups in total. The lowest BCUT2D eigenvalue weighted by molar-refractivity contribution is -0.896. The van der Waals surface area contributed by atoms with Crippen molar-refractivity contribution in [2.24, 2.45) is 0 Å². The summed E-state index contributed by atoms with van der Waals surface area (Å²) >= 11 is 0. The molecule has 0 radical (unpaired) electrons. The maximum atomic E-state index is 10.4. The van der Waals surface area contributed by atoms with Crippen molar-refractivity contribution in [1.82, 2.24) is 0 Å². The number of ether oxygens (including phenoxy) is 2. The third kappa shape index (κ3) is 39.6. The summed E-state index contributed by atoms with van der Waals surface area (Å²) in [7, 11) is 0.501. The predicted molar refractivity (Wildman–Crippen MR) is 176 cm³/mol. The zero-order valence-electron chi connectivity index (χ0n) is 28.7. The smallest absolute Gasteiger partial charge is 0.217 e. The van der Waals surface area contributed by atoms with Crippen LogP contribution in [0.1, 0.15) is 142 Å². The lowest BCUT2D eigenvalue weighted by Crippen LogP contribution is -2.51. The van der Waals surface area contributed by atoms with Gasteiger partial charge in [0.05, 0.1) is 34.4 Å². The van der Waals surface area contributed by atoms with E-state index in [9.17, 15) is 23.2 Å². The van der Waals surface area contributed by atoms with Gasteiger partial charge in [-0.2, -0.15) is 0 Å². The van der Waals surface area contributed by atoms with Gasteiger partial charge in [0.2, 0.25) is 10.4 Å². The normalized spacial score (nSPS) is 13.5. The summed E-state index contributed by atoms with van der Waals surface area (Å²) in [5.41, 5.74) is 0. The fraction of sp³-hybridized carbons (Fsp3) is 1.00. The Labute approximate surface area is 266 Å². The summed E-state index contributed by atoms with van der Waals surface area (Å²) in [4.78, 5) is 0. The van der Waals surface area contributed by atoms with Gasteiger partial charge in [0.25, 0.3) is 0 Å². The second-order valence-corrected chi connectivity index (χ2v) is 13.8. The van der Waals surface area contributed by atoms with E-state index < -0.39 is 22.6 Å². The zero-order valence-corrected chi connectivity index (χ0v) is 29.6. The van der Waals surface area contributed by atoms with E-state index in [0.717, 1.165) is 33.2 Å². The van der Waals surface area contributed by atoms with Crippen LogP contribution in [0.2, 0.25) is 0 Å². The molecular formula is C33H71NO8S. The van der Waals surface area contributed by atoms with Crippen LogP contribution in [-0.2, 0) is 24.1 Å². The number of hydrogen-bond acceptors (Lipinski definition) is 8. The fourth-order valence-electron chi connectivity index (χ4n) is 5.14. The zero-order chi connectivity index (χ0) is 32.7. The molecule has 0 amide bonds. The van der Waals surface area contributed by atoms with Gasteiger partial charge in [-0.3, -0.25) is 4.18 Å². The lowest BCUT2D eigenvalue weighted by atomic mass is 10.1. The molecule has 0 aromatic rings. The van der Waals surface area contributed by atoms with E-state index >= 15 is 0 Å². The number of aliphatic hydroxyl groups is 2. The van der Waals surface area contributed by atoms with Gasteiger partial charge in [-0.25, -0.2) is 8.42 Å². The Morgan fingerprint density at radius 3 is 1.09 bits per heavy atom. The molecule has 0 saturated heterocycles. The highest BCUT2D eigenvalue weighted by Crippen LogP contribution is 2.12. The molecule has 0 aliphatic rings. The Bertz CT molecular complexity index is 625. The Morgan fingerprint density at radius 1 is 0.581 bits per heavy atom. The first-order valence-electron chi connectivity index (χ1n) is 17.3. The molecular weight excluding hydrogens is 570 g/mol. The average molecular weight is 642 g/mol. The van der Waals surface area contributed by atoms with E-state index in [0.29, 0.717) is 30.8 Å². The molecule has 0 heterocycles. The summed E-state index contributed by atoms with van der Waals surface area (Å²) < 4.78 is 43.0. The predicted octanol–water partition coefficient (Wildman–Crippen LogP) is 6.75. The minimum absolute atomic E-state index is 0.379. The van der Waals surface area contributed by atoms with Crippen LogP contribution >= 0.6 is 0 Å². The molecule has 0 aromatic heterocycles. The Balaban J connectivity index is 0. The Morgan fingerprint density at radius 2 is 0.837 bits per heavy atom. The minimum atomic E-state index is -4.41. The molecule has 0 rings (SSSR count). The van der Waals surface area contributed by atoms with Crippen molar-refractivity contribution in [2.75, 3.05) is 60.7 Å². The lowest BCUT2D eigenvalue weighted by Gasteiger charge is -2.33. The van der Waals surface area contributed by atoms with E-state index in [1.807, 2.05) is 0 Å². The van der Waals surface area contributed by atoms with E-state index in [1.165, 1.54) is 116 Å².